The molecule has 1 amide bonds. The summed E-state index contributed by atoms with van der Waals surface area (Å²) in [7, 11) is 0. The largest absolute Gasteiger partial charge is 0.357 e. The van der Waals surface area contributed by atoms with E-state index < -0.39 is 0 Å². The van der Waals surface area contributed by atoms with Crippen molar-refractivity contribution >= 4 is 35.8 Å². The van der Waals surface area contributed by atoms with Crippen molar-refractivity contribution in [2.75, 3.05) is 26.2 Å². The average Bonchev–Trinajstić information content (AvgIpc) is 3.44. The van der Waals surface area contributed by atoms with Gasteiger partial charge in [-0.05, 0) is 37.3 Å². The van der Waals surface area contributed by atoms with Crippen LogP contribution in [0.2, 0.25) is 0 Å². The Morgan fingerprint density at radius 3 is 2.74 bits per heavy atom. The van der Waals surface area contributed by atoms with E-state index in [4.69, 9.17) is 4.99 Å². The van der Waals surface area contributed by atoms with Crippen LogP contribution in [0, 0.1) is 0 Å². The van der Waals surface area contributed by atoms with Crippen molar-refractivity contribution in [1.29, 1.82) is 0 Å². The number of amides is 1. The number of hydrogen-bond donors (Lipinski definition) is 2. The van der Waals surface area contributed by atoms with E-state index >= 15 is 0 Å². The van der Waals surface area contributed by atoms with Gasteiger partial charge >= 0.3 is 0 Å². The molecule has 0 bridgehead atoms. The first kappa shape index (κ1) is 23.5. The number of nitrogens with one attached hydrogen (secondary N) is 2. The second-order valence-electron chi connectivity index (χ2n) is 8.04. The molecule has 0 radical (unpaired) electrons. The molecule has 8 nitrogen and oxygen atoms in total. The minimum absolute atomic E-state index is 0. The zero-order valence-electron chi connectivity index (χ0n) is 18.1. The number of nitrogens with zero attached hydrogens (tertiary/aromatic N) is 5. The predicted octanol–water partition coefficient (Wildman–Crippen LogP) is 2.89. The number of aromatic nitrogens is 3. The minimum Gasteiger partial charge on any atom is -0.357 e. The molecule has 168 valence electrons. The standard InChI is InChI=1S/C22H31N7O.HI/c1-2-23-22(28-11-8-19(9-12-28)21-25-16-26-27-21)24-14-17-5-3-6-18(13-17)15-29-10-4-7-20(29)30;/h3,5-6,13,16,19H,2,4,7-12,14-15H2,1H3,(H,23,24)(H,25,26,27);1H. The van der Waals surface area contributed by atoms with Crippen LogP contribution < -0.4 is 5.32 Å². The molecule has 0 spiro atoms. The van der Waals surface area contributed by atoms with Crippen LogP contribution in [-0.2, 0) is 17.9 Å². The number of likely N-dealkylation sites (tertiary alicyclic amines) is 2. The molecular weight excluding hydrogens is 505 g/mol. The Kier molecular flexibility index (Phi) is 8.68. The average molecular weight is 537 g/mol. The van der Waals surface area contributed by atoms with Crippen molar-refractivity contribution in [3.8, 4) is 0 Å². The first-order chi connectivity index (χ1) is 14.7. The van der Waals surface area contributed by atoms with Gasteiger partial charge in [-0.2, -0.15) is 5.10 Å². The van der Waals surface area contributed by atoms with E-state index in [1.807, 2.05) is 4.90 Å². The second kappa shape index (κ2) is 11.4. The number of aromatic amines is 1. The van der Waals surface area contributed by atoms with Gasteiger partial charge in [-0.15, -0.1) is 24.0 Å². The van der Waals surface area contributed by atoms with E-state index in [2.05, 4.69) is 56.6 Å². The lowest BCUT2D eigenvalue weighted by molar-refractivity contribution is -0.128. The fourth-order valence-corrected chi connectivity index (χ4v) is 4.29. The van der Waals surface area contributed by atoms with Gasteiger partial charge in [-0.25, -0.2) is 9.98 Å². The van der Waals surface area contributed by atoms with Gasteiger partial charge in [0.25, 0.3) is 0 Å². The highest BCUT2D eigenvalue weighted by Gasteiger charge is 2.24. The molecule has 2 fully saturated rings. The molecule has 0 atom stereocenters. The highest BCUT2D eigenvalue weighted by atomic mass is 127. The summed E-state index contributed by atoms with van der Waals surface area (Å²) < 4.78 is 0. The normalized spacial score (nSPS) is 17.7. The van der Waals surface area contributed by atoms with Crippen molar-refractivity contribution < 1.29 is 4.79 Å². The van der Waals surface area contributed by atoms with Crippen molar-refractivity contribution in [3.05, 3.63) is 47.5 Å². The summed E-state index contributed by atoms with van der Waals surface area (Å²) >= 11 is 0. The highest BCUT2D eigenvalue weighted by Crippen LogP contribution is 2.25. The lowest BCUT2D eigenvalue weighted by Crippen LogP contribution is -2.45. The van der Waals surface area contributed by atoms with Crippen LogP contribution in [0.1, 0.15) is 55.5 Å². The molecule has 4 rings (SSSR count). The van der Waals surface area contributed by atoms with Gasteiger partial charge in [-0.3, -0.25) is 9.89 Å². The Morgan fingerprint density at radius 1 is 1.26 bits per heavy atom. The van der Waals surface area contributed by atoms with Crippen molar-refractivity contribution in [2.45, 2.75) is 51.6 Å². The van der Waals surface area contributed by atoms with Gasteiger partial charge < -0.3 is 15.1 Å². The van der Waals surface area contributed by atoms with E-state index in [1.54, 1.807) is 6.33 Å². The number of halogens is 1. The summed E-state index contributed by atoms with van der Waals surface area (Å²) in [6, 6.07) is 8.45. The third-order valence-electron chi connectivity index (χ3n) is 5.90. The molecule has 1 aromatic carbocycles. The molecule has 0 unspecified atom stereocenters. The maximum absolute atomic E-state index is 11.9. The maximum Gasteiger partial charge on any atom is 0.222 e. The third kappa shape index (κ3) is 6.18. The Balaban J connectivity index is 0.00000272. The SMILES string of the molecule is CCNC(=NCc1cccc(CN2CCCC2=O)c1)N1CCC(c2ncn[nH]2)CC1.I. The van der Waals surface area contributed by atoms with Crippen LogP contribution in [0.15, 0.2) is 35.6 Å². The van der Waals surface area contributed by atoms with Gasteiger partial charge in [-0.1, -0.05) is 24.3 Å². The molecule has 2 aliphatic heterocycles. The van der Waals surface area contributed by atoms with Crippen LogP contribution in [0.4, 0.5) is 0 Å². The summed E-state index contributed by atoms with van der Waals surface area (Å²) in [5, 5.41) is 10.4. The van der Waals surface area contributed by atoms with Gasteiger partial charge in [0.05, 0.1) is 6.54 Å². The van der Waals surface area contributed by atoms with E-state index in [9.17, 15) is 4.79 Å². The van der Waals surface area contributed by atoms with Gasteiger partial charge in [0.1, 0.15) is 12.2 Å². The molecule has 1 aromatic heterocycles. The summed E-state index contributed by atoms with van der Waals surface area (Å²) in [4.78, 5) is 25.4. The first-order valence-corrected chi connectivity index (χ1v) is 11.0. The fourth-order valence-electron chi connectivity index (χ4n) is 4.29. The third-order valence-corrected chi connectivity index (χ3v) is 5.90. The summed E-state index contributed by atoms with van der Waals surface area (Å²) in [6.45, 7) is 7.05. The monoisotopic (exact) mass is 537 g/mol. The number of guanidine groups is 1. The van der Waals surface area contributed by atoms with Crippen molar-refractivity contribution in [1.82, 2.24) is 30.3 Å². The lowest BCUT2D eigenvalue weighted by Gasteiger charge is -2.33. The van der Waals surface area contributed by atoms with Crippen LogP contribution in [0.3, 0.4) is 0 Å². The molecule has 0 aliphatic carbocycles. The number of piperidine rings is 1. The Bertz CT molecular complexity index is 863. The molecule has 9 heteroatoms. The fraction of sp³-hybridized carbons (Fsp3) is 0.545. The molecule has 0 saturated carbocycles. The number of carbonyl (C=O) groups is 1. The van der Waals surface area contributed by atoms with E-state index in [1.165, 1.54) is 11.1 Å². The van der Waals surface area contributed by atoms with E-state index in [0.29, 0.717) is 25.4 Å². The Hall–Kier alpha value is -2.17. The van der Waals surface area contributed by atoms with Crippen molar-refractivity contribution in [2.24, 2.45) is 4.99 Å². The Morgan fingerprint density at radius 2 is 2.06 bits per heavy atom. The lowest BCUT2D eigenvalue weighted by atomic mass is 9.96. The molecule has 2 saturated heterocycles. The molecule has 3 heterocycles. The number of benzene rings is 1. The number of H-pyrrole nitrogens is 1. The van der Waals surface area contributed by atoms with Crippen molar-refractivity contribution in [3.63, 3.8) is 0 Å². The number of aliphatic imine (C=N–C) groups is 1. The minimum atomic E-state index is 0. The maximum atomic E-state index is 11.9. The smallest absolute Gasteiger partial charge is 0.222 e. The zero-order valence-corrected chi connectivity index (χ0v) is 20.4. The van der Waals surface area contributed by atoms with Gasteiger partial charge in [0, 0.05) is 45.1 Å². The van der Waals surface area contributed by atoms with Crippen LogP contribution >= 0.6 is 24.0 Å². The van der Waals surface area contributed by atoms with Crippen LogP contribution in [0.5, 0.6) is 0 Å². The quantitative estimate of drug-likeness (QED) is 0.336. The van der Waals surface area contributed by atoms with Gasteiger partial charge in [0.2, 0.25) is 5.91 Å². The highest BCUT2D eigenvalue weighted by molar-refractivity contribution is 14.0. The zero-order chi connectivity index (χ0) is 20.8. The molecular formula is C22H32IN7O. The molecule has 31 heavy (non-hydrogen) atoms. The summed E-state index contributed by atoms with van der Waals surface area (Å²) in [5.74, 6) is 2.66. The summed E-state index contributed by atoms with van der Waals surface area (Å²) in [5.41, 5.74) is 2.35. The Labute approximate surface area is 200 Å². The topological polar surface area (TPSA) is 89.5 Å². The van der Waals surface area contributed by atoms with Gasteiger partial charge in [0.15, 0.2) is 5.96 Å². The molecule has 2 aromatic rings. The first-order valence-electron chi connectivity index (χ1n) is 11.0. The molecule has 2 aliphatic rings. The van der Waals surface area contributed by atoms with Crippen LogP contribution in [-0.4, -0.2) is 63.0 Å². The van der Waals surface area contributed by atoms with E-state index in [-0.39, 0.29) is 29.9 Å². The van der Waals surface area contributed by atoms with E-state index in [0.717, 1.165) is 57.2 Å². The number of hydrogen-bond acceptors (Lipinski definition) is 4. The predicted molar refractivity (Wildman–Crippen MR) is 131 cm³/mol. The second-order valence-corrected chi connectivity index (χ2v) is 8.04. The van der Waals surface area contributed by atoms with Crippen LogP contribution in [0.25, 0.3) is 0 Å². The summed E-state index contributed by atoms with van der Waals surface area (Å²) in [6.07, 6.45) is 5.32. The number of carbonyl (C=O) groups excluding carboxylic acids is 1. The molecule has 2 N–H and O–H groups in total. The number of rotatable bonds is 6.